The van der Waals surface area contributed by atoms with Crippen molar-refractivity contribution >= 4 is 28.7 Å². The molecule has 0 aliphatic rings. The fraction of sp³-hybridized carbons (Fsp3) is 0.316. The van der Waals surface area contributed by atoms with E-state index in [1.807, 2.05) is 31.2 Å². The van der Waals surface area contributed by atoms with E-state index in [-0.39, 0.29) is 0 Å². The lowest BCUT2D eigenvalue weighted by molar-refractivity contribution is 0.417. The molecule has 0 aromatic heterocycles. The molecule has 0 unspecified atom stereocenters. The summed E-state index contributed by atoms with van der Waals surface area (Å²) in [4.78, 5) is 0. The van der Waals surface area contributed by atoms with Crippen molar-refractivity contribution in [1.82, 2.24) is 0 Å². The molecule has 0 radical (unpaired) electrons. The minimum absolute atomic E-state index is 0.567. The van der Waals surface area contributed by atoms with Gasteiger partial charge in [-0.05, 0) is 61.3 Å². The van der Waals surface area contributed by atoms with Crippen molar-refractivity contribution in [3.05, 3.63) is 53.6 Å². The molecule has 0 aliphatic heterocycles. The molecule has 2 aromatic carbocycles. The van der Waals surface area contributed by atoms with E-state index in [9.17, 15) is 0 Å². The molecule has 4 heteroatoms. The molecular weight excluding hydrogens is 304 g/mol. The number of rotatable bonds is 6. The highest BCUT2D eigenvalue weighted by molar-refractivity contribution is 7.80. The standard InChI is InChI=1S/C19H24N2OS/c1-4-5-8-15-9-6-7-10-16(15)20-19(23)21-17-13-14(2)11-12-18(17)22-3/h6-7,9-13H,4-5,8H2,1-3H3,(H2,20,21,23). The first kappa shape index (κ1) is 17.3. The highest BCUT2D eigenvalue weighted by atomic mass is 32.1. The van der Waals surface area contributed by atoms with Gasteiger partial charge >= 0.3 is 0 Å². The third-order valence-electron chi connectivity index (χ3n) is 3.67. The summed E-state index contributed by atoms with van der Waals surface area (Å²) >= 11 is 5.46. The quantitative estimate of drug-likeness (QED) is 0.718. The number of thiocarbonyl (C=S) groups is 1. The molecule has 3 nitrogen and oxygen atoms in total. The first-order chi connectivity index (χ1) is 11.1. The van der Waals surface area contributed by atoms with Gasteiger partial charge in [-0.3, -0.25) is 0 Å². The Morgan fingerprint density at radius 3 is 2.57 bits per heavy atom. The molecule has 0 spiro atoms. The summed E-state index contributed by atoms with van der Waals surface area (Å²) in [6.07, 6.45) is 3.40. The van der Waals surface area contributed by atoms with Crippen LogP contribution in [0.5, 0.6) is 5.75 Å². The summed E-state index contributed by atoms with van der Waals surface area (Å²) in [7, 11) is 1.66. The van der Waals surface area contributed by atoms with Crippen molar-refractivity contribution in [2.45, 2.75) is 33.1 Å². The maximum atomic E-state index is 5.46. The van der Waals surface area contributed by atoms with Crippen LogP contribution < -0.4 is 15.4 Å². The second-order valence-electron chi connectivity index (χ2n) is 5.54. The summed E-state index contributed by atoms with van der Waals surface area (Å²) in [5, 5.41) is 7.10. The Labute approximate surface area is 144 Å². The van der Waals surface area contributed by atoms with Crippen LogP contribution in [0.2, 0.25) is 0 Å². The van der Waals surface area contributed by atoms with Crippen LogP contribution >= 0.6 is 12.2 Å². The average Bonchev–Trinajstić information content (AvgIpc) is 2.54. The minimum atomic E-state index is 0.567. The zero-order valence-corrected chi connectivity index (χ0v) is 14.8. The summed E-state index contributed by atoms with van der Waals surface area (Å²) in [5.41, 5.74) is 4.37. The molecule has 0 atom stereocenters. The number of ether oxygens (including phenoxy) is 1. The predicted molar refractivity (Wildman–Crippen MR) is 103 cm³/mol. The lowest BCUT2D eigenvalue weighted by atomic mass is 10.1. The number of nitrogens with one attached hydrogen (secondary N) is 2. The zero-order valence-electron chi connectivity index (χ0n) is 14.0. The number of benzene rings is 2. The molecule has 122 valence electrons. The molecule has 0 fully saturated rings. The molecule has 0 bridgehead atoms. The smallest absolute Gasteiger partial charge is 0.175 e. The molecule has 0 saturated carbocycles. The van der Waals surface area contributed by atoms with Crippen LogP contribution in [0.1, 0.15) is 30.9 Å². The van der Waals surface area contributed by atoms with Crippen molar-refractivity contribution < 1.29 is 4.74 Å². The highest BCUT2D eigenvalue weighted by Crippen LogP contribution is 2.26. The monoisotopic (exact) mass is 328 g/mol. The Hall–Kier alpha value is -2.07. The predicted octanol–water partition coefficient (Wildman–Crippen LogP) is 5.16. The third-order valence-corrected chi connectivity index (χ3v) is 3.87. The van der Waals surface area contributed by atoms with E-state index >= 15 is 0 Å². The van der Waals surface area contributed by atoms with Crippen LogP contribution in [0.4, 0.5) is 11.4 Å². The number of methoxy groups -OCH3 is 1. The van der Waals surface area contributed by atoms with Gasteiger partial charge in [-0.2, -0.15) is 0 Å². The first-order valence-corrected chi connectivity index (χ1v) is 8.35. The molecule has 0 amide bonds. The van der Waals surface area contributed by atoms with Gasteiger partial charge in [0.15, 0.2) is 5.11 Å². The van der Waals surface area contributed by atoms with Crippen molar-refractivity contribution in [1.29, 1.82) is 0 Å². The fourth-order valence-corrected chi connectivity index (χ4v) is 2.64. The van der Waals surface area contributed by atoms with E-state index in [1.165, 1.54) is 18.4 Å². The second-order valence-corrected chi connectivity index (χ2v) is 5.95. The van der Waals surface area contributed by atoms with E-state index in [1.54, 1.807) is 7.11 Å². The molecular formula is C19H24N2OS. The third kappa shape index (κ3) is 4.96. The van der Waals surface area contributed by atoms with Gasteiger partial charge in [0.1, 0.15) is 5.75 Å². The highest BCUT2D eigenvalue weighted by Gasteiger charge is 2.07. The number of hydrogen-bond acceptors (Lipinski definition) is 2. The Morgan fingerprint density at radius 2 is 1.83 bits per heavy atom. The Balaban J connectivity index is 2.10. The maximum absolute atomic E-state index is 5.46. The van der Waals surface area contributed by atoms with Gasteiger partial charge in [0.2, 0.25) is 0 Å². The van der Waals surface area contributed by atoms with E-state index in [4.69, 9.17) is 17.0 Å². The average molecular weight is 328 g/mol. The topological polar surface area (TPSA) is 33.3 Å². The molecule has 2 rings (SSSR count). The maximum Gasteiger partial charge on any atom is 0.175 e. The van der Waals surface area contributed by atoms with Crippen molar-refractivity contribution in [2.75, 3.05) is 17.7 Å². The minimum Gasteiger partial charge on any atom is -0.495 e. The fourth-order valence-electron chi connectivity index (χ4n) is 2.42. The van der Waals surface area contributed by atoms with Crippen molar-refractivity contribution in [3.63, 3.8) is 0 Å². The van der Waals surface area contributed by atoms with Crippen LogP contribution in [-0.2, 0) is 6.42 Å². The lowest BCUT2D eigenvalue weighted by Gasteiger charge is -2.16. The van der Waals surface area contributed by atoms with Gasteiger partial charge in [-0.25, -0.2) is 0 Å². The number of anilines is 2. The molecule has 2 N–H and O–H groups in total. The van der Waals surface area contributed by atoms with Crippen LogP contribution in [-0.4, -0.2) is 12.2 Å². The van der Waals surface area contributed by atoms with Gasteiger partial charge < -0.3 is 15.4 Å². The van der Waals surface area contributed by atoms with E-state index in [2.05, 4.69) is 35.8 Å². The van der Waals surface area contributed by atoms with Crippen molar-refractivity contribution in [2.24, 2.45) is 0 Å². The van der Waals surface area contributed by atoms with Gasteiger partial charge in [-0.1, -0.05) is 37.6 Å². The first-order valence-electron chi connectivity index (χ1n) is 7.94. The van der Waals surface area contributed by atoms with E-state index < -0.39 is 0 Å². The Bertz CT molecular complexity index is 670. The zero-order chi connectivity index (χ0) is 16.7. The molecule has 0 aliphatic carbocycles. The number of para-hydroxylation sites is 1. The molecule has 0 saturated heterocycles. The Kier molecular flexibility index (Phi) is 6.41. The summed E-state index contributed by atoms with van der Waals surface area (Å²) in [5.74, 6) is 0.777. The van der Waals surface area contributed by atoms with E-state index in [0.717, 1.165) is 29.1 Å². The van der Waals surface area contributed by atoms with Gasteiger partial charge in [-0.15, -0.1) is 0 Å². The second kappa shape index (κ2) is 8.53. The van der Waals surface area contributed by atoms with Crippen LogP contribution in [0.3, 0.4) is 0 Å². The molecule has 23 heavy (non-hydrogen) atoms. The number of unbranched alkanes of at least 4 members (excludes halogenated alkanes) is 1. The van der Waals surface area contributed by atoms with Crippen molar-refractivity contribution in [3.8, 4) is 5.75 Å². The van der Waals surface area contributed by atoms with Crippen LogP contribution in [0.15, 0.2) is 42.5 Å². The number of hydrogen-bond donors (Lipinski definition) is 2. The number of aryl methyl sites for hydroxylation is 2. The Morgan fingerprint density at radius 1 is 1.09 bits per heavy atom. The normalized spacial score (nSPS) is 10.2. The summed E-state index contributed by atoms with van der Waals surface area (Å²) < 4.78 is 5.38. The summed E-state index contributed by atoms with van der Waals surface area (Å²) in [6.45, 7) is 4.24. The van der Waals surface area contributed by atoms with Crippen LogP contribution in [0, 0.1) is 6.92 Å². The SMILES string of the molecule is CCCCc1ccccc1NC(=S)Nc1cc(C)ccc1OC. The van der Waals surface area contributed by atoms with Crippen LogP contribution in [0.25, 0.3) is 0 Å². The van der Waals surface area contributed by atoms with Gasteiger partial charge in [0.05, 0.1) is 12.8 Å². The molecule has 2 aromatic rings. The van der Waals surface area contributed by atoms with Gasteiger partial charge in [0, 0.05) is 5.69 Å². The van der Waals surface area contributed by atoms with E-state index in [0.29, 0.717) is 5.11 Å². The molecule has 0 heterocycles. The largest absolute Gasteiger partial charge is 0.495 e. The van der Waals surface area contributed by atoms with Gasteiger partial charge in [0.25, 0.3) is 0 Å². The lowest BCUT2D eigenvalue weighted by Crippen LogP contribution is -2.20. The summed E-state index contributed by atoms with van der Waals surface area (Å²) in [6, 6.07) is 14.3.